The summed E-state index contributed by atoms with van der Waals surface area (Å²) in [6, 6.07) is 5.85. The van der Waals surface area contributed by atoms with Gasteiger partial charge in [-0.15, -0.1) is 0 Å². The zero-order chi connectivity index (χ0) is 24.5. The Balaban J connectivity index is 1.92. The minimum atomic E-state index is -1.08. The van der Waals surface area contributed by atoms with Crippen molar-refractivity contribution in [3.05, 3.63) is 63.5 Å². The van der Waals surface area contributed by atoms with Gasteiger partial charge in [0.1, 0.15) is 0 Å². The maximum absolute atomic E-state index is 13.7. The number of carbonyl (C=O) groups is 2. The standard InChI is InChI=1S/C22H19Cl2F2N3O4/c1-22(2,3)17(30)10-29(9-11-4-5-15(25)16(26)6-11)21(32)20-27-19(28-33-20)12-7-13(23)18(31)14(24)8-12/h4-8,31H,9-10H2,1-3H3. The van der Waals surface area contributed by atoms with Crippen LogP contribution >= 0.6 is 23.2 Å². The molecule has 0 atom stereocenters. The van der Waals surface area contributed by atoms with Crippen molar-refractivity contribution in [1.29, 1.82) is 0 Å². The Morgan fingerprint density at radius 1 is 1.09 bits per heavy atom. The average molecular weight is 498 g/mol. The molecule has 0 aliphatic rings. The molecule has 3 aromatic rings. The van der Waals surface area contributed by atoms with Gasteiger partial charge in [-0.1, -0.05) is 55.2 Å². The number of benzene rings is 2. The first kappa shape index (κ1) is 24.6. The van der Waals surface area contributed by atoms with E-state index >= 15 is 0 Å². The van der Waals surface area contributed by atoms with Crippen LogP contribution in [0.3, 0.4) is 0 Å². The summed E-state index contributed by atoms with van der Waals surface area (Å²) in [6.07, 6.45) is 0. The van der Waals surface area contributed by atoms with Gasteiger partial charge < -0.3 is 14.5 Å². The van der Waals surface area contributed by atoms with Crippen LogP contribution in [0.25, 0.3) is 11.4 Å². The number of nitrogens with zero attached hydrogens (tertiary/aromatic N) is 3. The van der Waals surface area contributed by atoms with Gasteiger partial charge >= 0.3 is 11.8 Å². The molecule has 174 valence electrons. The van der Waals surface area contributed by atoms with E-state index < -0.39 is 28.8 Å². The lowest BCUT2D eigenvalue weighted by molar-refractivity contribution is -0.127. The minimum Gasteiger partial charge on any atom is -0.505 e. The smallest absolute Gasteiger partial charge is 0.316 e. The van der Waals surface area contributed by atoms with E-state index in [1.54, 1.807) is 20.8 Å². The van der Waals surface area contributed by atoms with Gasteiger partial charge in [0, 0.05) is 17.5 Å². The van der Waals surface area contributed by atoms with Crippen molar-refractivity contribution in [3.8, 4) is 17.1 Å². The molecule has 1 heterocycles. The summed E-state index contributed by atoms with van der Waals surface area (Å²) >= 11 is 11.8. The summed E-state index contributed by atoms with van der Waals surface area (Å²) in [7, 11) is 0. The number of amides is 1. The number of hydrogen-bond donors (Lipinski definition) is 1. The van der Waals surface area contributed by atoms with E-state index in [0.717, 1.165) is 17.0 Å². The van der Waals surface area contributed by atoms with Crippen molar-refractivity contribution < 1.29 is 28.0 Å². The lowest BCUT2D eigenvalue weighted by Gasteiger charge is -2.25. The van der Waals surface area contributed by atoms with Gasteiger partial charge in [0.2, 0.25) is 5.82 Å². The molecular formula is C22H19Cl2F2N3O4. The van der Waals surface area contributed by atoms with E-state index in [1.807, 2.05) is 0 Å². The molecule has 0 aliphatic heterocycles. The Morgan fingerprint density at radius 3 is 2.30 bits per heavy atom. The Kier molecular flexibility index (Phi) is 7.04. The Labute approximate surface area is 197 Å². The molecule has 33 heavy (non-hydrogen) atoms. The number of ketones is 1. The Morgan fingerprint density at radius 2 is 1.73 bits per heavy atom. The third kappa shape index (κ3) is 5.66. The van der Waals surface area contributed by atoms with E-state index in [2.05, 4.69) is 10.1 Å². The predicted octanol–water partition coefficient (Wildman–Crippen LogP) is 5.28. The maximum Gasteiger partial charge on any atom is 0.316 e. The summed E-state index contributed by atoms with van der Waals surface area (Å²) in [5.41, 5.74) is -0.212. The number of rotatable bonds is 6. The molecule has 7 nitrogen and oxygen atoms in total. The number of hydrogen-bond acceptors (Lipinski definition) is 6. The normalized spacial score (nSPS) is 11.5. The second-order valence-corrected chi connectivity index (χ2v) is 9.11. The second kappa shape index (κ2) is 9.44. The monoisotopic (exact) mass is 497 g/mol. The highest BCUT2D eigenvalue weighted by molar-refractivity contribution is 6.37. The fourth-order valence-electron chi connectivity index (χ4n) is 2.73. The van der Waals surface area contributed by atoms with Gasteiger partial charge in [-0.05, 0) is 29.8 Å². The second-order valence-electron chi connectivity index (χ2n) is 8.29. The minimum absolute atomic E-state index is 0.0305. The fourth-order valence-corrected chi connectivity index (χ4v) is 3.21. The van der Waals surface area contributed by atoms with Crippen LogP contribution in [-0.2, 0) is 11.3 Å². The molecule has 0 saturated heterocycles. The molecule has 0 unspecified atom stereocenters. The number of carbonyl (C=O) groups excluding carboxylic acids is 2. The van der Waals surface area contributed by atoms with E-state index in [4.69, 9.17) is 27.7 Å². The van der Waals surface area contributed by atoms with Gasteiger partial charge in [-0.3, -0.25) is 9.59 Å². The predicted molar refractivity (Wildman–Crippen MR) is 117 cm³/mol. The van der Waals surface area contributed by atoms with E-state index in [0.29, 0.717) is 0 Å². The molecule has 0 bridgehead atoms. The van der Waals surface area contributed by atoms with Crippen LogP contribution in [0, 0.1) is 17.0 Å². The lowest BCUT2D eigenvalue weighted by atomic mass is 9.90. The molecule has 11 heteroatoms. The molecule has 0 saturated carbocycles. The number of aromatic nitrogens is 2. The van der Waals surface area contributed by atoms with Crippen LogP contribution in [0.2, 0.25) is 10.0 Å². The van der Waals surface area contributed by atoms with Crippen molar-refractivity contribution in [2.45, 2.75) is 27.3 Å². The first-order valence-corrected chi connectivity index (χ1v) is 10.4. The molecule has 3 rings (SSSR count). The molecule has 0 radical (unpaired) electrons. The molecule has 1 N–H and O–H groups in total. The first-order chi connectivity index (χ1) is 15.4. The summed E-state index contributed by atoms with van der Waals surface area (Å²) in [5, 5.41) is 13.3. The zero-order valence-electron chi connectivity index (χ0n) is 17.8. The zero-order valence-corrected chi connectivity index (χ0v) is 19.3. The van der Waals surface area contributed by atoms with Crippen molar-refractivity contribution in [3.63, 3.8) is 0 Å². The van der Waals surface area contributed by atoms with Crippen LogP contribution < -0.4 is 0 Å². The van der Waals surface area contributed by atoms with Crippen molar-refractivity contribution in [1.82, 2.24) is 15.0 Å². The van der Waals surface area contributed by atoms with Gasteiger partial charge in [-0.25, -0.2) is 8.78 Å². The third-order valence-corrected chi connectivity index (χ3v) is 5.28. The quantitative estimate of drug-likeness (QED) is 0.497. The van der Waals surface area contributed by atoms with Crippen LogP contribution in [-0.4, -0.2) is 38.4 Å². The molecule has 0 aliphatic carbocycles. The Bertz CT molecular complexity index is 1200. The molecule has 1 aromatic heterocycles. The number of phenols is 1. The number of phenolic OH excluding ortho intramolecular Hbond substituents is 1. The number of Topliss-reactive ketones (excluding diaryl/α,β-unsaturated/α-hetero) is 1. The summed E-state index contributed by atoms with van der Waals surface area (Å²) < 4.78 is 32.0. The Hall–Kier alpha value is -3.04. The average Bonchev–Trinajstić information content (AvgIpc) is 3.22. The molecular weight excluding hydrogens is 479 g/mol. The van der Waals surface area contributed by atoms with Crippen LogP contribution in [0.1, 0.15) is 37.0 Å². The van der Waals surface area contributed by atoms with E-state index in [-0.39, 0.29) is 51.6 Å². The summed E-state index contributed by atoms with van der Waals surface area (Å²) in [4.78, 5) is 30.9. The SMILES string of the molecule is CC(C)(C)C(=O)CN(Cc1ccc(F)c(F)c1)C(=O)c1nc(-c2cc(Cl)c(O)c(Cl)c2)no1. The topological polar surface area (TPSA) is 96.5 Å². The summed E-state index contributed by atoms with van der Waals surface area (Å²) in [6.45, 7) is 4.55. The van der Waals surface area contributed by atoms with Crippen molar-refractivity contribution >= 4 is 34.9 Å². The van der Waals surface area contributed by atoms with Crippen LogP contribution in [0.4, 0.5) is 8.78 Å². The third-order valence-electron chi connectivity index (χ3n) is 4.70. The fraction of sp³-hybridized carbons (Fsp3) is 0.273. The molecule has 1 amide bonds. The highest BCUT2D eigenvalue weighted by Gasteiger charge is 2.29. The van der Waals surface area contributed by atoms with Gasteiger partial charge in [0.05, 0.1) is 16.6 Å². The largest absolute Gasteiger partial charge is 0.505 e. The first-order valence-electron chi connectivity index (χ1n) is 9.65. The maximum atomic E-state index is 13.7. The number of aromatic hydroxyl groups is 1. The van der Waals surface area contributed by atoms with Gasteiger partial charge in [0.15, 0.2) is 23.2 Å². The van der Waals surface area contributed by atoms with E-state index in [1.165, 1.54) is 18.2 Å². The van der Waals surface area contributed by atoms with Gasteiger partial charge in [0.25, 0.3) is 0 Å². The molecule has 0 fully saturated rings. The van der Waals surface area contributed by atoms with Crippen molar-refractivity contribution in [2.24, 2.45) is 5.41 Å². The van der Waals surface area contributed by atoms with Gasteiger partial charge in [-0.2, -0.15) is 4.98 Å². The van der Waals surface area contributed by atoms with Crippen LogP contribution in [0.5, 0.6) is 5.75 Å². The molecule has 0 spiro atoms. The number of halogens is 4. The molecule has 2 aromatic carbocycles. The van der Waals surface area contributed by atoms with Crippen LogP contribution in [0.15, 0.2) is 34.9 Å². The highest BCUT2D eigenvalue weighted by Crippen LogP contribution is 2.35. The van der Waals surface area contributed by atoms with E-state index in [9.17, 15) is 23.5 Å². The van der Waals surface area contributed by atoms with Crippen molar-refractivity contribution in [2.75, 3.05) is 6.54 Å². The highest BCUT2D eigenvalue weighted by atomic mass is 35.5. The lowest BCUT2D eigenvalue weighted by Crippen LogP contribution is -2.39. The summed E-state index contributed by atoms with van der Waals surface area (Å²) in [5.74, 6) is -3.95.